The molecule has 18 heavy (non-hydrogen) atoms. The SMILES string of the molecule is CC1C(C)C(C(=O)C(C)(C)C)C1C(=O)C(C)(C)C. The Labute approximate surface area is 112 Å². The average molecular weight is 252 g/mol. The number of hydrogen-bond acceptors (Lipinski definition) is 2. The summed E-state index contributed by atoms with van der Waals surface area (Å²) >= 11 is 0. The fourth-order valence-corrected chi connectivity index (χ4v) is 2.97. The Kier molecular flexibility index (Phi) is 3.82. The summed E-state index contributed by atoms with van der Waals surface area (Å²) in [6.45, 7) is 15.9. The molecule has 4 atom stereocenters. The van der Waals surface area contributed by atoms with Crippen molar-refractivity contribution in [3.05, 3.63) is 0 Å². The molecule has 0 aromatic heterocycles. The second-order valence-electron chi connectivity index (χ2n) is 8.00. The number of Topliss-reactive ketones (excluding diaryl/α,β-unsaturated/α-hetero) is 2. The Morgan fingerprint density at radius 3 is 1.06 bits per heavy atom. The van der Waals surface area contributed by atoms with Gasteiger partial charge >= 0.3 is 0 Å². The first-order valence-corrected chi connectivity index (χ1v) is 6.97. The maximum absolute atomic E-state index is 12.5. The van der Waals surface area contributed by atoms with Crippen LogP contribution in [-0.4, -0.2) is 11.6 Å². The third-order valence-electron chi connectivity index (χ3n) is 4.43. The molecule has 0 bridgehead atoms. The van der Waals surface area contributed by atoms with Crippen molar-refractivity contribution in [2.75, 3.05) is 0 Å². The lowest BCUT2D eigenvalue weighted by Gasteiger charge is -2.51. The molecule has 2 heteroatoms. The van der Waals surface area contributed by atoms with Gasteiger partial charge in [0.1, 0.15) is 11.6 Å². The monoisotopic (exact) mass is 252 g/mol. The summed E-state index contributed by atoms with van der Waals surface area (Å²) in [6.07, 6.45) is 0. The largest absolute Gasteiger partial charge is 0.299 e. The summed E-state index contributed by atoms with van der Waals surface area (Å²) in [5.74, 6) is 0.992. The smallest absolute Gasteiger partial charge is 0.142 e. The fourth-order valence-electron chi connectivity index (χ4n) is 2.97. The Hall–Kier alpha value is -0.660. The van der Waals surface area contributed by atoms with E-state index < -0.39 is 0 Å². The Bertz CT molecular complexity index is 318. The molecule has 0 amide bonds. The van der Waals surface area contributed by atoms with Crippen LogP contribution in [0.2, 0.25) is 0 Å². The van der Waals surface area contributed by atoms with E-state index in [1.54, 1.807) is 0 Å². The van der Waals surface area contributed by atoms with Gasteiger partial charge in [-0.3, -0.25) is 9.59 Å². The van der Waals surface area contributed by atoms with E-state index in [0.717, 1.165) is 0 Å². The minimum absolute atomic E-state index is 0.0771. The van der Waals surface area contributed by atoms with Crippen LogP contribution in [-0.2, 0) is 9.59 Å². The van der Waals surface area contributed by atoms with Crippen LogP contribution in [0, 0.1) is 34.5 Å². The molecule has 0 saturated heterocycles. The summed E-state index contributed by atoms with van der Waals surface area (Å²) in [4.78, 5) is 25.0. The topological polar surface area (TPSA) is 34.1 Å². The summed E-state index contributed by atoms with van der Waals surface area (Å²) in [7, 11) is 0. The average Bonchev–Trinajstić information content (AvgIpc) is 2.19. The van der Waals surface area contributed by atoms with Crippen LogP contribution >= 0.6 is 0 Å². The van der Waals surface area contributed by atoms with Crippen molar-refractivity contribution in [2.24, 2.45) is 34.5 Å². The quantitative estimate of drug-likeness (QED) is 0.750. The highest BCUT2D eigenvalue weighted by Gasteiger charge is 2.55. The summed E-state index contributed by atoms with van der Waals surface area (Å²) < 4.78 is 0. The Balaban J connectivity index is 2.99. The van der Waals surface area contributed by atoms with Gasteiger partial charge < -0.3 is 0 Å². The van der Waals surface area contributed by atoms with Gasteiger partial charge in [0, 0.05) is 22.7 Å². The van der Waals surface area contributed by atoms with Crippen LogP contribution < -0.4 is 0 Å². The number of hydrogen-bond donors (Lipinski definition) is 0. The van der Waals surface area contributed by atoms with E-state index in [1.807, 2.05) is 41.5 Å². The normalized spacial score (nSPS) is 32.9. The third-order valence-corrected chi connectivity index (χ3v) is 4.43. The van der Waals surface area contributed by atoms with Gasteiger partial charge in [-0.15, -0.1) is 0 Å². The molecule has 104 valence electrons. The van der Waals surface area contributed by atoms with Crippen LogP contribution in [0.4, 0.5) is 0 Å². The van der Waals surface area contributed by atoms with E-state index >= 15 is 0 Å². The molecule has 0 spiro atoms. The number of carbonyl (C=O) groups is 2. The van der Waals surface area contributed by atoms with Crippen molar-refractivity contribution < 1.29 is 9.59 Å². The van der Waals surface area contributed by atoms with Gasteiger partial charge in [-0.05, 0) is 11.8 Å². The molecule has 1 fully saturated rings. The Morgan fingerprint density at radius 2 is 0.889 bits per heavy atom. The maximum atomic E-state index is 12.5. The summed E-state index contributed by atoms with van der Waals surface area (Å²) in [5, 5.41) is 0. The molecule has 2 nitrogen and oxygen atoms in total. The number of carbonyl (C=O) groups excluding carboxylic acids is 2. The first-order chi connectivity index (χ1) is 7.89. The lowest BCUT2D eigenvalue weighted by atomic mass is 9.51. The highest BCUT2D eigenvalue weighted by Crippen LogP contribution is 2.51. The molecular weight excluding hydrogens is 224 g/mol. The van der Waals surface area contributed by atoms with Crippen LogP contribution in [0.15, 0.2) is 0 Å². The van der Waals surface area contributed by atoms with Gasteiger partial charge in [-0.1, -0.05) is 55.4 Å². The van der Waals surface area contributed by atoms with Crippen molar-refractivity contribution in [1.29, 1.82) is 0 Å². The molecular formula is C16H28O2. The standard InChI is InChI=1S/C16H28O2/c1-9-10(2)12(14(18)16(6,7)8)11(9)13(17)15(3,4)5/h9-12H,1-8H3. The van der Waals surface area contributed by atoms with Crippen molar-refractivity contribution in [2.45, 2.75) is 55.4 Å². The van der Waals surface area contributed by atoms with E-state index in [4.69, 9.17) is 0 Å². The predicted octanol–water partition coefficient (Wildman–Crippen LogP) is 3.74. The van der Waals surface area contributed by atoms with Gasteiger partial charge in [0.25, 0.3) is 0 Å². The van der Waals surface area contributed by atoms with E-state index in [1.165, 1.54) is 0 Å². The molecule has 0 radical (unpaired) electrons. The molecule has 0 heterocycles. The van der Waals surface area contributed by atoms with E-state index in [9.17, 15) is 9.59 Å². The predicted molar refractivity (Wildman–Crippen MR) is 74.2 cm³/mol. The zero-order valence-electron chi connectivity index (χ0n) is 13.1. The number of ketones is 2. The highest BCUT2D eigenvalue weighted by atomic mass is 16.1. The zero-order chi connectivity index (χ0) is 14.5. The molecule has 0 aromatic carbocycles. The minimum atomic E-state index is -0.352. The second kappa shape index (κ2) is 4.47. The summed E-state index contributed by atoms with van der Waals surface area (Å²) in [5.41, 5.74) is -0.703. The van der Waals surface area contributed by atoms with Gasteiger partial charge in [0.05, 0.1) is 0 Å². The lowest BCUT2D eigenvalue weighted by Crippen LogP contribution is -2.56. The number of rotatable bonds is 2. The zero-order valence-corrected chi connectivity index (χ0v) is 13.1. The molecule has 0 N–H and O–H groups in total. The van der Waals surface area contributed by atoms with Gasteiger partial charge in [-0.2, -0.15) is 0 Å². The van der Waals surface area contributed by atoms with Crippen molar-refractivity contribution in [1.82, 2.24) is 0 Å². The van der Waals surface area contributed by atoms with Crippen LogP contribution in [0.3, 0.4) is 0 Å². The van der Waals surface area contributed by atoms with Gasteiger partial charge in [0.15, 0.2) is 0 Å². The van der Waals surface area contributed by atoms with Crippen LogP contribution in [0.1, 0.15) is 55.4 Å². The summed E-state index contributed by atoms with van der Waals surface area (Å²) in [6, 6.07) is 0. The van der Waals surface area contributed by atoms with Gasteiger partial charge in [-0.25, -0.2) is 0 Å². The van der Waals surface area contributed by atoms with Crippen molar-refractivity contribution in [3.8, 4) is 0 Å². The Morgan fingerprint density at radius 1 is 0.667 bits per heavy atom. The highest BCUT2D eigenvalue weighted by molar-refractivity contribution is 5.96. The fraction of sp³-hybridized carbons (Fsp3) is 0.875. The van der Waals surface area contributed by atoms with Crippen LogP contribution in [0.5, 0.6) is 0 Å². The van der Waals surface area contributed by atoms with Crippen molar-refractivity contribution in [3.63, 3.8) is 0 Å². The molecule has 4 unspecified atom stereocenters. The molecule has 1 aliphatic rings. The molecule has 1 aliphatic carbocycles. The van der Waals surface area contributed by atoms with Gasteiger partial charge in [0.2, 0.25) is 0 Å². The second-order valence-corrected chi connectivity index (χ2v) is 8.00. The van der Waals surface area contributed by atoms with E-state index in [-0.39, 0.29) is 34.2 Å². The lowest BCUT2D eigenvalue weighted by molar-refractivity contribution is -0.158. The van der Waals surface area contributed by atoms with E-state index in [0.29, 0.717) is 11.8 Å². The molecule has 1 rings (SSSR count). The van der Waals surface area contributed by atoms with Crippen LogP contribution in [0.25, 0.3) is 0 Å². The third kappa shape index (κ3) is 2.53. The van der Waals surface area contributed by atoms with E-state index in [2.05, 4.69) is 13.8 Å². The first kappa shape index (κ1) is 15.4. The molecule has 0 aliphatic heterocycles. The first-order valence-electron chi connectivity index (χ1n) is 6.97. The maximum Gasteiger partial charge on any atom is 0.142 e. The minimum Gasteiger partial charge on any atom is -0.299 e. The molecule has 0 aromatic rings. The van der Waals surface area contributed by atoms with Crippen molar-refractivity contribution >= 4 is 11.6 Å². The molecule has 1 saturated carbocycles.